The largest absolute Gasteiger partial charge is 0.434 e. The van der Waals surface area contributed by atoms with Crippen molar-refractivity contribution in [2.75, 3.05) is 5.75 Å². The number of nitrogens with zero attached hydrogens (tertiary/aromatic N) is 4. The number of aryl methyl sites for hydroxylation is 1. The number of hydrazone groups is 1. The number of aromatic nitrogens is 3. The van der Waals surface area contributed by atoms with Crippen LogP contribution in [-0.2, 0) is 18.9 Å². The van der Waals surface area contributed by atoms with Gasteiger partial charge >= 0.3 is 12.3 Å². The van der Waals surface area contributed by atoms with E-state index in [-0.39, 0.29) is 22.2 Å². The summed E-state index contributed by atoms with van der Waals surface area (Å²) in [5.74, 6) is -0.804. The Hall–Kier alpha value is -3.02. The van der Waals surface area contributed by atoms with Crippen LogP contribution in [0.2, 0.25) is 0 Å². The van der Waals surface area contributed by atoms with Gasteiger partial charge in [0.05, 0.1) is 11.5 Å². The van der Waals surface area contributed by atoms with E-state index in [0.717, 1.165) is 21.0 Å². The molecule has 0 aliphatic rings. The maximum atomic E-state index is 12.5. The van der Waals surface area contributed by atoms with Crippen LogP contribution < -0.4 is 21.4 Å². The Bertz CT molecular complexity index is 1020. The molecular weight excluding hydrogens is 396 g/mol. The molecule has 12 heteroatoms. The minimum atomic E-state index is -2.99. The molecule has 1 heterocycles. The minimum Gasteiger partial charge on any atom is -0.434 e. The molecule has 1 aromatic carbocycles. The van der Waals surface area contributed by atoms with Crippen molar-refractivity contribution in [2.45, 2.75) is 18.6 Å². The van der Waals surface area contributed by atoms with Gasteiger partial charge < -0.3 is 4.74 Å². The number of rotatable bonds is 7. The van der Waals surface area contributed by atoms with Gasteiger partial charge in [-0.2, -0.15) is 19.0 Å². The van der Waals surface area contributed by atoms with Crippen molar-refractivity contribution in [1.82, 2.24) is 19.8 Å². The van der Waals surface area contributed by atoms with Crippen LogP contribution in [0.25, 0.3) is 0 Å². The fraction of sp³-hybridized carbons (Fsp3) is 0.312. The summed E-state index contributed by atoms with van der Waals surface area (Å²) in [5, 5.41) is 7.67. The lowest BCUT2D eigenvalue weighted by molar-refractivity contribution is -0.118. The van der Waals surface area contributed by atoms with Gasteiger partial charge in [0.1, 0.15) is 5.75 Å². The Morgan fingerprint density at radius 2 is 2.00 bits per heavy atom. The fourth-order valence-corrected chi connectivity index (χ4v) is 2.87. The van der Waals surface area contributed by atoms with Crippen LogP contribution in [0, 0.1) is 0 Å². The molecule has 2 aromatic rings. The van der Waals surface area contributed by atoms with Crippen LogP contribution in [0.15, 0.2) is 44.0 Å². The van der Waals surface area contributed by atoms with Gasteiger partial charge in [-0.15, -0.1) is 0 Å². The number of carbonyl (C=O) groups excluding carboxylic acids is 1. The second kappa shape index (κ2) is 9.26. The second-order valence-electron chi connectivity index (χ2n) is 5.47. The van der Waals surface area contributed by atoms with Gasteiger partial charge in [0.2, 0.25) is 5.91 Å². The van der Waals surface area contributed by atoms with E-state index in [0.29, 0.717) is 5.56 Å². The molecule has 1 amide bonds. The highest BCUT2D eigenvalue weighted by atomic mass is 32.2. The number of hydrogen-bond acceptors (Lipinski definition) is 7. The maximum absolute atomic E-state index is 12.5. The Labute approximate surface area is 162 Å². The van der Waals surface area contributed by atoms with Crippen LogP contribution in [-0.4, -0.2) is 38.3 Å². The van der Waals surface area contributed by atoms with E-state index in [2.05, 4.69) is 20.4 Å². The Morgan fingerprint density at radius 1 is 1.32 bits per heavy atom. The summed E-state index contributed by atoms with van der Waals surface area (Å²) in [6, 6.07) is 6.03. The molecule has 0 aliphatic heterocycles. The third kappa shape index (κ3) is 5.25. The highest BCUT2D eigenvalue weighted by Gasteiger charge is 2.13. The zero-order valence-electron chi connectivity index (χ0n) is 15.2. The van der Waals surface area contributed by atoms with Crippen molar-refractivity contribution in [3.63, 3.8) is 0 Å². The monoisotopic (exact) mass is 413 g/mol. The third-order valence-corrected chi connectivity index (χ3v) is 4.41. The smallest absolute Gasteiger partial charge is 0.387 e. The van der Waals surface area contributed by atoms with Crippen molar-refractivity contribution in [3.05, 3.63) is 50.7 Å². The van der Waals surface area contributed by atoms with E-state index in [4.69, 9.17) is 0 Å². The molecule has 0 bridgehead atoms. The van der Waals surface area contributed by atoms with Crippen molar-refractivity contribution < 1.29 is 18.3 Å². The van der Waals surface area contributed by atoms with Crippen molar-refractivity contribution in [1.29, 1.82) is 0 Å². The zero-order chi connectivity index (χ0) is 20.8. The molecule has 1 N–H and O–H groups in total. The van der Waals surface area contributed by atoms with Gasteiger partial charge in [-0.1, -0.05) is 23.9 Å². The molecule has 0 saturated carbocycles. The zero-order valence-corrected chi connectivity index (χ0v) is 16.0. The van der Waals surface area contributed by atoms with Gasteiger partial charge in [0, 0.05) is 19.7 Å². The molecule has 0 aliphatic carbocycles. The first kappa shape index (κ1) is 21.3. The van der Waals surface area contributed by atoms with Gasteiger partial charge in [0.15, 0.2) is 5.03 Å². The molecule has 0 fully saturated rings. The lowest BCUT2D eigenvalue weighted by Crippen LogP contribution is -2.39. The van der Waals surface area contributed by atoms with Crippen molar-refractivity contribution in [2.24, 2.45) is 19.2 Å². The first-order valence-corrected chi connectivity index (χ1v) is 8.83. The van der Waals surface area contributed by atoms with Crippen LogP contribution in [0.1, 0.15) is 12.5 Å². The van der Waals surface area contributed by atoms with Gasteiger partial charge in [0.25, 0.3) is 5.56 Å². The molecule has 0 unspecified atom stereocenters. The molecular formula is C16H17F2N5O4S. The molecule has 0 radical (unpaired) electrons. The van der Waals surface area contributed by atoms with E-state index in [1.54, 1.807) is 6.07 Å². The number of ether oxygens (including phenoxy) is 1. The summed E-state index contributed by atoms with van der Waals surface area (Å²) < 4.78 is 31.2. The first-order valence-electron chi connectivity index (χ1n) is 7.85. The lowest BCUT2D eigenvalue weighted by Gasteiger charge is -2.10. The van der Waals surface area contributed by atoms with Gasteiger partial charge in [-0.05, 0) is 19.1 Å². The average molecular weight is 413 g/mol. The number of benzene rings is 1. The number of nitrogens with one attached hydrogen (secondary N) is 1. The highest BCUT2D eigenvalue weighted by molar-refractivity contribution is 7.99. The summed E-state index contributed by atoms with van der Waals surface area (Å²) in [6.45, 7) is -1.47. The molecule has 0 saturated heterocycles. The van der Waals surface area contributed by atoms with Crippen LogP contribution >= 0.6 is 11.8 Å². The predicted molar refractivity (Wildman–Crippen MR) is 98.9 cm³/mol. The first-order chi connectivity index (χ1) is 13.2. The van der Waals surface area contributed by atoms with E-state index in [9.17, 15) is 23.2 Å². The van der Waals surface area contributed by atoms with Crippen LogP contribution in [0.4, 0.5) is 8.78 Å². The number of para-hydroxylation sites is 1. The number of thioether (sulfide) groups is 1. The van der Waals surface area contributed by atoms with E-state index >= 15 is 0 Å². The molecule has 0 spiro atoms. The topological polar surface area (TPSA) is 108 Å². The predicted octanol–water partition coefficient (Wildman–Crippen LogP) is 0.713. The molecule has 9 nitrogen and oxygen atoms in total. The molecule has 28 heavy (non-hydrogen) atoms. The lowest BCUT2D eigenvalue weighted by atomic mass is 10.1. The number of alkyl halides is 2. The van der Waals surface area contributed by atoms with Crippen LogP contribution in [0.3, 0.4) is 0 Å². The van der Waals surface area contributed by atoms with Gasteiger partial charge in [-0.3, -0.25) is 14.2 Å². The quantitative estimate of drug-likeness (QED) is 0.407. The number of hydrogen-bond donors (Lipinski definition) is 1. The summed E-state index contributed by atoms with van der Waals surface area (Å²) >= 11 is 0.842. The van der Waals surface area contributed by atoms with Gasteiger partial charge in [-0.25, -0.2) is 14.9 Å². The number of halogens is 2. The SMILES string of the molecule is C/C(=N/NC(=O)CSc1nn(C)c(=O)n(C)c1=O)c1ccccc1OC(F)F. The van der Waals surface area contributed by atoms with E-state index in [1.165, 1.54) is 39.2 Å². The normalized spacial score (nSPS) is 11.6. The minimum absolute atomic E-state index is 0.0175. The van der Waals surface area contributed by atoms with E-state index in [1.807, 2.05) is 0 Å². The third-order valence-electron chi connectivity index (χ3n) is 3.47. The van der Waals surface area contributed by atoms with Crippen molar-refractivity contribution >= 4 is 23.4 Å². The van der Waals surface area contributed by atoms with Crippen LogP contribution in [0.5, 0.6) is 5.75 Å². The molecule has 0 atom stereocenters. The number of carbonyl (C=O) groups is 1. The standard InChI is InChI=1S/C16H17F2N5O4S/c1-9(10-6-4-5-7-11(10)27-15(17)18)19-20-12(24)8-28-13-14(25)22(2)16(26)23(3)21-13/h4-7,15H,8H2,1-3H3,(H,20,24)/b19-9-. The second-order valence-corrected chi connectivity index (χ2v) is 6.44. The average Bonchev–Trinajstić information content (AvgIpc) is 2.66. The Kier molecular flexibility index (Phi) is 7.04. The summed E-state index contributed by atoms with van der Waals surface area (Å²) in [5.41, 5.74) is 1.63. The summed E-state index contributed by atoms with van der Waals surface area (Å²) in [6.07, 6.45) is 0. The molecule has 2 rings (SSSR count). The van der Waals surface area contributed by atoms with Crippen molar-refractivity contribution in [3.8, 4) is 5.75 Å². The maximum Gasteiger partial charge on any atom is 0.387 e. The summed E-state index contributed by atoms with van der Waals surface area (Å²) in [7, 11) is 2.70. The fourth-order valence-electron chi connectivity index (χ4n) is 2.10. The molecule has 150 valence electrons. The Morgan fingerprint density at radius 3 is 2.68 bits per heavy atom. The number of amides is 1. The highest BCUT2D eigenvalue weighted by Crippen LogP contribution is 2.20. The molecule has 1 aromatic heterocycles. The van der Waals surface area contributed by atoms with E-state index < -0.39 is 23.8 Å². The Balaban J connectivity index is 2.05. The summed E-state index contributed by atoms with van der Waals surface area (Å²) in [4.78, 5) is 35.5.